The van der Waals surface area contributed by atoms with Crippen LogP contribution in [0.15, 0.2) is 24.3 Å². The first-order valence-corrected chi connectivity index (χ1v) is 19.8. The molecule has 0 aromatic heterocycles. The number of nitrogens with one attached hydrogen (secondary N) is 4. The van der Waals surface area contributed by atoms with Gasteiger partial charge in [0.05, 0.1) is 24.7 Å². The lowest BCUT2D eigenvalue weighted by molar-refractivity contribution is -0.316. The number of rotatable bonds is 23. The van der Waals surface area contributed by atoms with E-state index in [1.54, 1.807) is 0 Å². The molecule has 1 aromatic carbocycles. The quantitative estimate of drug-likeness (QED) is 0.0365. The summed E-state index contributed by atoms with van der Waals surface area (Å²) in [6.07, 6.45) is -14.7. The van der Waals surface area contributed by atoms with Crippen LogP contribution in [0, 0.1) is 0 Å². The van der Waals surface area contributed by atoms with Crippen molar-refractivity contribution in [1.29, 1.82) is 0 Å². The molecule has 0 radical (unpaired) electrons. The first-order chi connectivity index (χ1) is 30.2. The van der Waals surface area contributed by atoms with Gasteiger partial charge >= 0.3 is 29.8 Å². The average Bonchev–Trinajstić information content (AvgIpc) is 3.18. The molecule has 1 heterocycles. The lowest BCUT2D eigenvalue weighted by Gasteiger charge is -2.45. The highest BCUT2D eigenvalue weighted by Crippen LogP contribution is 2.31. The molecule has 2 rings (SSSR count). The van der Waals surface area contributed by atoms with Crippen molar-refractivity contribution in [2.75, 3.05) is 6.61 Å². The van der Waals surface area contributed by atoms with Crippen LogP contribution in [0.1, 0.15) is 60.5 Å². The minimum Gasteiger partial charge on any atom is -0.508 e. The van der Waals surface area contributed by atoms with E-state index < -0.39 is 152 Å². The molecule has 0 spiro atoms. The molecule has 362 valence electrons. The Balaban J connectivity index is 2.64. The lowest BCUT2D eigenvalue weighted by Crippen LogP contribution is -2.65. The molecule has 0 unspecified atom stereocenters. The fraction of sp³-hybridized carbons (Fsp3) is 0.590. The number of ether oxygens (including phenoxy) is 6. The normalized spacial score (nSPS) is 21.7. The summed E-state index contributed by atoms with van der Waals surface area (Å²) in [5.74, 6) is -11.6. The summed E-state index contributed by atoms with van der Waals surface area (Å²) in [7, 11) is 0. The van der Waals surface area contributed by atoms with E-state index in [-0.39, 0.29) is 12.2 Å². The molecule has 5 amide bonds. The Bertz CT molecular complexity index is 1900. The summed E-state index contributed by atoms with van der Waals surface area (Å²) in [5, 5.41) is 48.2. The third-order valence-electron chi connectivity index (χ3n) is 9.26. The van der Waals surface area contributed by atoms with Gasteiger partial charge < -0.3 is 81.6 Å². The van der Waals surface area contributed by atoms with Crippen molar-refractivity contribution in [3.63, 3.8) is 0 Å². The van der Waals surface area contributed by atoms with Gasteiger partial charge in [-0.05, 0) is 38.5 Å². The Morgan fingerprint density at radius 1 is 0.677 bits per heavy atom. The second kappa shape index (κ2) is 25.1. The van der Waals surface area contributed by atoms with Crippen LogP contribution in [0.3, 0.4) is 0 Å². The average molecular weight is 929 g/mol. The predicted octanol–water partition coefficient (Wildman–Crippen LogP) is -4.59. The second-order valence-electron chi connectivity index (χ2n) is 14.9. The molecule has 13 atom stereocenters. The summed E-state index contributed by atoms with van der Waals surface area (Å²) in [5.41, 5.74) is 11.6. The van der Waals surface area contributed by atoms with Gasteiger partial charge in [0.15, 0.2) is 30.6 Å². The topological polar surface area (TPSA) is 407 Å². The number of carboxylic acids is 1. The number of hydrogen-bond acceptors (Lipinski definition) is 20. The maximum Gasteiger partial charge on any atom is 0.328 e. The standard InChI is InChI=1S/C39H56N6O20/c1-15(46)28(41)36(56)45-30(17(3)61-39-33(64-21(7)51)32(63-20(6)50)31(62-19(5)49)26(65-39)14-60-18(4)48)37(57)43-25(13-27(40)53)34(54)42-24(12-22-8-10-23(52)11-9-22)35(55)44-29(16(2)47)38(58)59/h8-11,15-17,24-26,28-33,39,46-47,52H,12-14,41H2,1-7H3,(H2,40,53)(H,42,54)(H,43,57)(H,44,55)(H,45,56)(H,58,59)/t15-,16-,17-,24+,25+,26-,28+,29+,30+,31-,32+,33-,39-/m1/s1. The lowest BCUT2D eigenvalue weighted by atomic mass is 9.97. The molecule has 1 fully saturated rings. The van der Waals surface area contributed by atoms with Crippen LogP contribution in [0.25, 0.3) is 0 Å². The van der Waals surface area contributed by atoms with Gasteiger partial charge in [0.25, 0.3) is 0 Å². The van der Waals surface area contributed by atoms with Crippen molar-refractivity contribution in [2.45, 2.75) is 141 Å². The van der Waals surface area contributed by atoms with Gasteiger partial charge in [-0.1, -0.05) is 12.1 Å². The van der Waals surface area contributed by atoms with Gasteiger partial charge in [0.1, 0.15) is 42.6 Å². The van der Waals surface area contributed by atoms with Crippen molar-refractivity contribution in [2.24, 2.45) is 11.5 Å². The number of carboxylic acid groups (broad SMARTS) is 1. The van der Waals surface area contributed by atoms with E-state index in [2.05, 4.69) is 21.3 Å². The largest absolute Gasteiger partial charge is 0.508 e. The Kier molecular flexibility index (Phi) is 21.1. The molecule has 26 nitrogen and oxygen atoms in total. The molecule has 1 aromatic rings. The van der Waals surface area contributed by atoms with E-state index in [9.17, 15) is 68.4 Å². The van der Waals surface area contributed by atoms with Gasteiger partial charge in [-0.15, -0.1) is 0 Å². The summed E-state index contributed by atoms with van der Waals surface area (Å²) < 4.78 is 33.1. The molecule has 12 N–H and O–H groups in total. The van der Waals surface area contributed by atoms with E-state index in [0.717, 1.165) is 48.5 Å². The van der Waals surface area contributed by atoms with Crippen molar-refractivity contribution in [1.82, 2.24) is 21.3 Å². The first kappa shape index (κ1) is 54.7. The zero-order chi connectivity index (χ0) is 49.5. The molecule has 0 bridgehead atoms. The van der Waals surface area contributed by atoms with Crippen molar-refractivity contribution < 1.29 is 96.8 Å². The molecule has 1 aliphatic heterocycles. The number of carbonyl (C=O) groups is 10. The molecule has 1 saturated heterocycles. The zero-order valence-electron chi connectivity index (χ0n) is 36.4. The van der Waals surface area contributed by atoms with Crippen LogP contribution in [0.2, 0.25) is 0 Å². The third-order valence-corrected chi connectivity index (χ3v) is 9.26. The molecule has 0 aliphatic carbocycles. The highest BCUT2D eigenvalue weighted by molar-refractivity contribution is 5.97. The molecule has 1 aliphatic rings. The number of benzene rings is 1. The molecular weight excluding hydrogens is 872 g/mol. The zero-order valence-corrected chi connectivity index (χ0v) is 36.4. The minimum atomic E-state index is -2.00. The van der Waals surface area contributed by atoms with Crippen LogP contribution >= 0.6 is 0 Å². The Hall–Kier alpha value is -6.48. The second-order valence-corrected chi connectivity index (χ2v) is 14.9. The van der Waals surface area contributed by atoms with E-state index >= 15 is 0 Å². The van der Waals surface area contributed by atoms with E-state index in [4.69, 9.17) is 39.9 Å². The molecule has 26 heteroatoms. The van der Waals surface area contributed by atoms with E-state index in [0.29, 0.717) is 5.56 Å². The number of carbonyl (C=O) groups excluding carboxylic acids is 9. The molecule has 0 saturated carbocycles. The summed E-state index contributed by atoms with van der Waals surface area (Å²) in [4.78, 5) is 128. The van der Waals surface area contributed by atoms with Crippen LogP contribution in [-0.2, 0) is 82.8 Å². The van der Waals surface area contributed by atoms with Crippen LogP contribution in [-0.4, -0.2) is 166 Å². The number of hydrogen-bond donors (Lipinski definition) is 10. The number of phenolic OH excluding ortho intramolecular Hbond substituents is 1. The molecular formula is C39H56N6O20. The Morgan fingerprint density at radius 3 is 1.68 bits per heavy atom. The van der Waals surface area contributed by atoms with Crippen molar-refractivity contribution >= 4 is 59.4 Å². The SMILES string of the molecule is CC(=O)OC[C@H]1O[C@@H](O[C@H](C)[C@H](NC(=O)[C@@H](N)[C@@H](C)O)C(=O)N[C@@H](CC(N)=O)C(=O)N[C@@H](Cc2ccc(O)cc2)C(=O)N[C@H](C(=O)O)[C@@H](C)O)[C@H](OC(C)=O)[C@@H](OC(C)=O)[C@@H]1OC(C)=O. The highest BCUT2D eigenvalue weighted by Gasteiger charge is 2.54. The number of aliphatic hydroxyl groups excluding tert-OH is 2. The van der Waals surface area contributed by atoms with Gasteiger partial charge in [-0.2, -0.15) is 0 Å². The Morgan fingerprint density at radius 2 is 1.18 bits per heavy atom. The Labute approximate surface area is 371 Å². The first-order valence-electron chi connectivity index (χ1n) is 19.8. The number of phenols is 1. The fourth-order valence-corrected chi connectivity index (χ4v) is 6.12. The number of esters is 4. The predicted molar refractivity (Wildman–Crippen MR) is 215 cm³/mol. The van der Waals surface area contributed by atoms with Crippen LogP contribution < -0.4 is 32.7 Å². The van der Waals surface area contributed by atoms with Gasteiger partial charge in [0.2, 0.25) is 29.5 Å². The number of primary amides is 1. The van der Waals surface area contributed by atoms with Crippen LogP contribution in [0.4, 0.5) is 0 Å². The number of aliphatic hydroxyl groups is 2. The number of aliphatic carboxylic acids is 1. The fourth-order valence-electron chi connectivity index (χ4n) is 6.12. The summed E-state index contributed by atoms with van der Waals surface area (Å²) >= 11 is 0. The minimum absolute atomic E-state index is 0.161. The van der Waals surface area contributed by atoms with Crippen molar-refractivity contribution in [3.05, 3.63) is 29.8 Å². The summed E-state index contributed by atoms with van der Waals surface area (Å²) in [6, 6.07) is -3.96. The maximum absolute atomic E-state index is 14.2. The number of amides is 5. The van der Waals surface area contributed by atoms with Gasteiger partial charge in [0, 0.05) is 34.1 Å². The number of nitrogens with two attached hydrogens (primary N) is 2. The van der Waals surface area contributed by atoms with E-state index in [1.165, 1.54) is 24.3 Å². The van der Waals surface area contributed by atoms with Gasteiger partial charge in [-0.3, -0.25) is 43.2 Å². The van der Waals surface area contributed by atoms with Crippen molar-refractivity contribution in [3.8, 4) is 5.75 Å². The third kappa shape index (κ3) is 17.5. The number of aromatic hydroxyl groups is 1. The van der Waals surface area contributed by atoms with Crippen LogP contribution in [0.5, 0.6) is 5.75 Å². The summed E-state index contributed by atoms with van der Waals surface area (Å²) in [6.45, 7) is 6.66. The molecule has 65 heavy (non-hydrogen) atoms. The van der Waals surface area contributed by atoms with Gasteiger partial charge in [-0.25, -0.2) is 4.79 Å². The maximum atomic E-state index is 14.2. The monoisotopic (exact) mass is 928 g/mol. The van der Waals surface area contributed by atoms with E-state index in [1.807, 2.05) is 0 Å². The highest BCUT2D eigenvalue weighted by atomic mass is 16.7. The smallest absolute Gasteiger partial charge is 0.328 e.